The molecule has 29 heavy (non-hydrogen) atoms. The predicted octanol–water partition coefficient (Wildman–Crippen LogP) is 1.42. The molecule has 0 radical (unpaired) electrons. The SMILES string of the molecule is CCOc1ccccc1OCCNC(C)Cc1ccc(OC)c(S(N)(=O)=O)c1.[CaH2]. The first-order chi connectivity index (χ1) is 13.3. The Balaban J connectivity index is 0.00000420. The second-order valence-corrected chi connectivity index (χ2v) is 7.85. The molecule has 1 atom stereocenters. The van der Waals surface area contributed by atoms with Crippen LogP contribution in [0.15, 0.2) is 47.4 Å². The summed E-state index contributed by atoms with van der Waals surface area (Å²) in [6, 6.07) is 12.7. The monoisotopic (exact) mass is 450 g/mol. The molecule has 0 aliphatic carbocycles. The fourth-order valence-electron chi connectivity index (χ4n) is 2.81. The van der Waals surface area contributed by atoms with E-state index in [1.54, 1.807) is 12.1 Å². The van der Waals surface area contributed by atoms with Crippen molar-refractivity contribution < 1.29 is 22.6 Å². The van der Waals surface area contributed by atoms with E-state index in [9.17, 15) is 8.42 Å². The quantitative estimate of drug-likeness (QED) is 0.397. The number of methoxy groups -OCH3 is 1. The number of benzene rings is 2. The average Bonchev–Trinajstić information content (AvgIpc) is 2.66. The normalized spacial score (nSPS) is 12.0. The second kappa shape index (κ2) is 12.6. The van der Waals surface area contributed by atoms with Gasteiger partial charge in [0.25, 0.3) is 0 Å². The Morgan fingerprint density at radius 3 is 2.31 bits per heavy atom. The molecule has 2 aromatic carbocycles. The van der Waals surface area contributed by atoms with Crippen LogP contribution >= 0.6 is 0 Å². The predicted molar refractivity (Wildman–Crippen MR) is 117 cm³/mol. The Kier molecular flexibility index (Phi) is 11.3. The van der Waals surface area contributed by atoms with Gasteiger partial charge in [-0.05, 0) is 50.1 Å². The first-order valence-corrected chi connectivity index (χ1v) is 10.7. The number of sulfonamides is 1. The van der Waals surface area contributed by atoms with E-state index in [2.05, 4.69) is 5.32 Å². The standard InChI is InChI=1S/C20H28N2O5S.Ca.2H/c1-4-26-17-7-5-6-8-18(17)27-12-11-22-15(2)13-16-9-10-19(25-3)20(14-16)28(21,23)24;;;/h5-10,14-15,22H,4,11-13H2,1-3H3,(H2,21,23,24);;;. The van der Waals surface area contributed by atoms with Gasteiger partial charge < -0.3 is 19.5 Å². The van der Waals surface area contributed by atoms with Gasteiger partial charge in [-0.2, -0.15) is 0 Å². The van der Waals surface area contributed by atoms with Crippen LogP contribution < -0.4 is 24.7 Å². The van der Waals surface area contributed by atoms with E-state index in [1.165, 1.54) is 7.11 Å². The number of hydrogen-bond donors (Lipinski definition) is 2. The van der Waals surface area contributed by atoms with E-state index in [1.807, 2.05) is 44.2 Å². The Morgan fingerprint density at radius 1 is 1.07 bits per heavy atom. The number of nitrogens with two attached hydrogens (primary N) is 1. The van der Waals surface area contributed by atoms with Crippen molar-refractivity contribution in [2.75, 3.05) is 26.9 Å². The van der Waals surface area contributed by atoms with Crippen molar-refractivity contribution in [1.29, 1.82) is 0 Å². The summed E-state index contributed by atoms with van der Waals surface area (Å²) >= 11 is 0. The van der Waals surface area contributed by atoms with Crippen LogP contribution in [-0.2, 0) is 16.4 Å². The van der Waals surface area contributed by atoms with E-state index in [-0.39, 0.29) is 54.4 Å². The number of ether oxygens (including phenoxy) is 3. The molecule has 0 saturated heterocycles. The van der Waals surface area contributed by atoms with E-state index in [0.29, 0.717) is 31.9 Å². The molecule has 9 heteroatoms. The zero-order valence-corrected chi connectivity index (χ0v) is 17.3. The Bertz CT molecular complexity index is 877. The van der Waals surface area contributed by atoms with Crippen molar-refractivity contribution in [3.8, 4) is 17.2 Å². The summed E-state index contributed by atoms with van der Waals surface area (Å²) < 4.78 is 39.9. The van der Waals surface area contributed by atoms with Crippen LogP contribution in [0, 0.1) is 0 Å². The maximum atomic E-state index is 11.7. The molecule has 0 spiro atoms. The molecule has 0 saturated carbocycles. The van der Waals surface area contributed by atoms with Gasteiger partial charge >= 0.3 is 37.7 Å². The number of rotatable bonds is 11. The zero-order valence-electron chi connectivity index (χ0n) is 16.5. The van der Waals surface area contributed by atoms with Crippen molar-refractivity contribution in [2.45, 2.75) is 31.2 Å². The summed E-state index contributed by atoms with van der Waals surface area (Å²) in [7, 11) is -2.43. The van der Waals surface area contributed by atoms with Crippen molar-refractivity contribution in [1.82, 2.24) is 5.32 Å². The Hall–Kier alpha value is -1.03. The fourth-order valence-corrected chi connectivity index (χ4v) is 3.55. The van der Waals surface area contributed by atoms with Gasteiger partial charge in [0.2, 0.25) is 10.0 Å². The maximum absolute atomic E-state index is 11.7. The third kappa shape index (κ3) is 8.32. The molecule has 2 aromatic rings. The summed E-state index contributed by atoms with van der Waals surface area (Å²) in [4.78, 5) is -0.00411. The van der Waals surface area contributed by atoms with Gasteiger partial charge in [0.15, 0.2) is 11.5 Å². The molecule has 0 aromatic heterocycles. The minimum absolute atomic E-state index is 0. The van der Waals surface area contributed by atoms with Gasteiger partial charge in [-0.25, -0.2) is 13.6 Å². The molecule has 3 N–H and O–H groups in total. The third-order valence-corrected chi connectivity index (χ3v) is 5.01. The van der Waals surface area contributed by atoms with E-state index < -0.39 is 10.0 Å². The van der Waals surface area contributed by atoms with Gasteiger partial charge in [0.05, 0.1) is 13.7 Å². The molecule has 2 rings (SSSR count). The summed E-state index contributed by atoms with van der Waals surface area (Å²) in [5, 5.41) is 8.63. The van der Waals surface area contributed by atoms with Crippen molar-refractivity contribution >= 4 is 47.8 Å². The first-order valence-electron chi connectivity index (χ1n) is 9.13. The Morgan fingerprint density at radius 2 is 1.72 bits per heavy atom. The topological polar surface area (TPSA) is 99.9 Å². The molecule has 0 aliphatic heterocycles. The first kappa shape index (κ1) is 26.0. The molecule has 1 unspecified atom stereocenters. The van der Waals surface area contributed by atoms with Crippen molar-refractivity contribution in [2.24, 2.45) is 5.14 Å². The van der Waals surface area contributed by atoms with Gasteiger partial charge in [0, 0.05) is 12.6 Å². The summed E-state index contributed by atoms with van der Waals surface area (Å²) in [5.41, 5.74) is 0.854. The fraction of sp³-hybridized carbons (Fsp3) is 0.400. The molecule has 0 fully saturated rings. The van der Waals surface area contributed by atoms with Crippen LogP contribution in [0.25, 0.3) is 0 Å². The molecule has 158 valence electrons. The van der Waals surface area contributed by atoms with Gasteiger partial charge in [-0.15, -0.1) is 0 Å². The average molecular weight is 451 g/mol. The molecular formula is C20H30CaN2O5S. The molecule has 0 heterocycles. The van der Waals surface area contributed by atoms with Crippen LogP contribution in [-0.4, -0.2) is 79.1 Å². The summed E-state index contributed by atoms with van der Waals surface area (Å²) in [6.07, 6.45) is 0.641. The van der Waals surface area contributed by atoms with Crippen LogP contribution in [0.4, 0.5) is 0 Å². The van der Waals surface area contributed by atoms with Crippen LogP contribution in [0.2, 0.25) is 0 Å². The van der Waals surface area contributed by atoms with Gasteiger partial charge in [0.1, 0.15) is 17.3 Å². The van der Waals surface area contributed by atoms with Crippen LogP contribution in [0.5, 0.6) is 17.2 Å². The van der Waals surface area contributed by atoms with Crippen molar-refractivity contribution in [3.05, 3.63) is 48.0 Å². The molecule has 7 nitrogen and oxygen atoms in total. The summed E-state index contributed by atoms with van der Waals surface area (Å²) in [5.74, 6) is 1.69. The van der Waals surface area contributed by atoms with E-state index in [0.717, 1.165) is 11.3 Å². The van der Waals surface area contributed by atoms with Crippen molar-refractivity contribution in [3.63, 3.8) is 0 Å². The number of primary sulfonamides is 1. The van der Waals surface area contributed by atoms with Crippen LogP contribution in [0.1, 0.15) is 19.4 Å². The van der Waals surface area contributed by atoms with E-state index in [4.69, 9.17) is 19.3 Å². The van der Waals surface area contributed by atoms with Gasteiger partial charge in [-0.3, -0.25) is 0 Å². The second-order valence-electron chi connectivity index (χ2n) is 6.32. The molecule has 0 aliphatic rings. The van der Waals surface area contributed by atoms with E-state index >= 15 is 0 Å². The van der Waals surface area contributed by atoms with Crippen LogP contribution in [0.3, 0.4) is 0 Å². The number of nitrogens with one attached hydrogen (secondary N) is 1. The number of hydrogen-bond acceptors (Lipinski definition) is 6. The van der Waals surface area contributed by atoms with Gasteiger partial charge in [-0.1, -0.05) is 18.2 Å². The molecule has 0 bridgehead atoms. The summed E-state index contributed by atoms with van der Waals surface area (Å²) in [6.45, 7) is 5.66. The zero-order chi connectivity index (χ0) is 20.6. The minimum atomic E-state index is -3.84. The molecular weight excluding hydrogens is 420 g/mol. The third-order valence-electron chi connectivity index (χ3n) is 4.08. The Labute approximate surface area is 203 Å². The molecule has 0 amide bonds. The number of para-hydroxylation sites is 2.